The number of anilines is 1. The number of aromatic nitrogens is 2. The van der Waals surface area contributed by atoms with E-state index in [1.807, 2.05) is 11.6 Å². The normalized spacial score (nSPS) is 19.0. The van der Waals surface area contributed by atoms with Gasteiger partial charge in [0.1, 0.15) is 10.8 Å². The third-order valence-electron chi connectivity index (χ3n) is 3.69. The molecule has 0 aromatic carbocycles. The van der Waals surface area contributed by atoms with Gasteiger partial charge < -0.3 is 5.32 Å². The van der Waals surface area contributed by atoms with Gasteiger partial charge in [-0.15, -0.1) is 11.3 Å². The van der Waals surface area contributed by atoms with E-state index in [2.05, 4.69) is 20.2 Å². The van der Waals surface area contributed by atoms with Crippen molar-refractivity contribution in [1.82, 2.24) is 14.9 Å². The van der Waals surface area contributed by atoms with Crippen LogP contribution in [0.5, 0.6) is 0 Å². The maximum atomic E-state index is 12.2. The van der Waals surface area contributed by atoms with Gasteiger partial charge in [-0.3, -0.25) is 9.69 Å². The van der Waals surface area contributed by atoms with Crippen molar-refractivity contribution < 1.29 is 4.79 Å². The van der Waals surface area contributed by atoms with Gasteiger partial charge in [0.15, 0.2) is 0 Å². The lowest BCUT2D eigenvalue weighted by Gasteiger charge is -2.33. The fraction of sp³-hybridized carbons (Fsp3) is 0.400. The standard InChI is InChI=1S/C15H17ClN4OS/c16-11-4-5-13(18-9-11)19-14(21)10-20-7-2-1-3-12(20)15-17-6-8-22-15/h4-6,8-9,12H,1-3,7,10H2,(H,18,19,21). The SMILES string of the molecule is O=C(CN1CCCCC1c1nccs1)Nc1ccc(Cl)cn1. The van der Waals surface area contributed by atoms with Crippen molar-refractivity contribution in [2.75, 3.05) is 18.4 Å². The molecule has 0 radical (unpaired) electrons. The first kappa shape index (κ1) is 15.4. The highest BCUT2D eigenvalue weighted by atomic mass is 35.5. The Bertz CT molecular complexity index is 617. The molecule has 2 aromatic heterocycles. The lowest BCUT2D eigenvalue weighted by atomic mass is 10.0. The van der Waals surface area contributed by atoms with E-state index in [1.54, 1.807) is 23.5 Å². The molecule has 3 heterocycles. The molecule has 116 valence electrons. The molecule has 0 bridgehead atoms. The second-order valence-corrected chi connectivity index (χ2v) is 6.62. The van der Waals surface area contributed by atoms with Crippen LogP contribution in [-0.2, 0) is 4.79 Å². The summed E-state index contributed by atoms with van der Waals surface area (Å²) in [7, 11) is 0. The minimum Gasteiger partial charge on any atom is -0.310 e. The summed E-state index contributed by atoms with van der Waals surface area (Å²) in [6.07, 6.45) is 6.70. The zero-order chi connectivity index (χ0) is 15.4. The molecule has 22 heavy (non-hydrogen) atoms. The summed E-state index contributed by atoms with van der Waals surface area (Å²) in [6, 6.07) is 3.66. The minimum absolute atomic E-state index is 0.0571. The number of carbonyl (C=O) groups is 1. The molecular weight excluding hydrogens is 320 g/mol. The van der Waals surface area contributed by atoms with Gasteiger partial charge in [-0.2, -0.15) is 0 Å². The lowest BCUT2D eigenvalue weighted by molar-refractivity contribution is -0.118. The minimum atomic E-state index is -0.0571. The summed E-state index contributed by atoms with van der Waals surface area (Å²) < 4.78 is 0. The van der Waals surface area contributed by atoms with Gasteiger partial charge in [0.25, 0.3) is 0 Å². The topological polar surface area (TPSA) is 58.1 Å². The van der Waals surface area contributed by atoms with Gasteiger partial charge in [-0.05, 0) is 31.5 Å². The molecule has 0 saturated carbocycles. The molecule has 1 unspecified atom stereocenters. The number of pyridine rings is 1. The van der Waals surface area contributed by atoms with E-state index in [4.69, 9.17) is 11.6 Å². The second-order valence-electron chi connectivity index (χ2n) is 5.26. The number of likely N-dealkylation sites (tertiary alicyclic amines) is 1. The van der Waals surface area contributed by atoms with Crippen molar-refractivity contribution in [3.63, 3.8) is 0 Å². The Morgan fingerprint density at radius 2 is 2.32 bits per heavy atom. The van der Waals surface area contributed by atoms with Gasteiger partial charge in [-0.1, -0.05) is 18.0 Å². The van der Waals surface area contributed by atoms with E-state index in [1.165, 1.54) is 12.6 Å². The van der Waals surface area contributed by atoms with Crippen LogP contribution in [0.2, 0.25) is 5.02 Å². The molecule has 3 rings (SSSR count). The first-order valence-corrected chi connectivity index (χ1v) is 8.53. The molecule has 2 aromatic rings. The van der Waals surface area contributed by atoms with Crippen LogP contribution in [0.3, 0.4) is 0 Å². The second kappa shape index (κ2) is 7.17. The molecule has 0 spiro atoms. The van der Waals surface area contributed by atoms with Crippen molar-refractivity contribution >= 4 is 34.7 Å². The first-order chi connectivity index (χ1) is 10.7. The highest BCUT2D eigenvalue weighted by Gasteiger charge is 2.27. The number of carbonyl (C=O) groups excluding carboxylic acids is 1. The van der Waals surface area contributed by atoms with E-state index in [0.717, 1.165) is 24.4 Å². The van der Waals surface area contributed by atoms with E-state index >= 15 is 0 Å². The Morgan fingerprint density at radius 3 is 3.05 bits per heavy atom. The van der Waals surface area contributed by atoms with Crippen molar-refractivity contribution in [2.45, 2.75) is 25.3 Å². The number of rotatable bonds is 4. The Balaban J connectivity index is 1.62. The third kappa shape index (κ3) is 3.82. The summed E-state index contributed by atoms with van der Waals surface area (Å²) in [5, 5.41) is 6.45. The van der Waals surface area contributed by atoms with Crippen LogP contribution in [0.1, 0.15) is 30.3 Å². The van der Waals surface area contributed by atoms with Crippen molar-refractivity contribution in [2.24, 2.45) is 0 Å². The summed E-state index contributed by atoms with van der Waals surface area (Å²) in [6.45, 7) is 1.28. The van der Waals surface area contributed by atoms with Crippen LogP contribution in [0.15, 0.2) is 29.9 Å². The monoisotopic (exact) mass is 336 g/mol. The van der Waals surface area contributed by atoms with E-state index in [0.29, 0.717) is 17.4 Å². The predicted octanol–water partition coefficient (Wildman–Crippen LogP) is 3.36. The Labute approximate surface area is 138 Å². The van der Waals surface area contributed by atoms with Gasteiger partial charge >= 0.3 is 0 Å². The highest BCUT2D eigenvalue weighted by Crippen LogP contribution is 2.31. The Kier molecular flexibility index (Phi) is 5.02. The molecule has 1 N–H and O–H groups in total. The quantitative estimate of drug-likeness (QED) is 0.930. The number of piperidine rings is 1. The molecule has 1 aliphatic heterocycles. The molecular formula is C15H17ClN4OS. The summed E-state index contributed by atoms with van der Waals surface area (Å²) in [4.78, 5) is 22.9. The van der Waals surface area contributed by atoms with Gasteiger partial charge in [0, 0.05) is 17.8 Å². The number of hydrogen-bond acceptors (Lipinski definition) is 5. The fourth-order valence-electron chi connectivity index (χ4n) is 2.68. The van der Waals surface area contributed by atoms with Gasteiger partial charge in [-0.25, -0.2) is 9.97 Å². The first-order valence-electron chi connectivity index (χ1n) is 7.27. The van der Waals surface area contributed by atoms with E-state index in [-0.39, 0.29) is 11.9 Å². The lowest BCUT2D eigenvalue weighted by Crippen LogP contribution is -2.39. The van der Waals surface area contributed by atoms with Gasteiger partial charge in [0.2, 0.25) is 5.91 Å². The predicted molar refractivity (Wildman–Crippen MR) is 88.2 cm³/mol. The van der Waals surface area contributed by atoms with Crippen LogP contribution in [0.4, 0.5) is 5.82 Å². The van der Waals surface area contributed by atoms with Crippen molar-refractivity contribution in [3.05, 3.63) is 39.9 Å². The molecule has 1 fully saturated rings. The van der Waals surface area contributed by atoms with Crippen LogP contribution in [-0.4, -0.2) is 33.9 Å². The number of halogens is 1. The summed E-state index contributed by atoms with van der Waals surface area (Å²) in [5.74, 6) is 0.468. The molecule has 1 atom stereocenters. The smallest absolute Gasteiger partial charge is 0.239 e. The molecule has 1 saturated heterocycles. The van der Waals surface area contributed by atoms with Gasteiger partial charge in [0.05, 0.1) is 17.6 Å². The maximum absolute atomic E-state index is 12.2. The van der Waals surface area contributed by atoms with E-state index in [9.17, 15) is 4.79 Å². The van der Waals surface area contributed by atoms with Crippen LogP contribution >= 0.6 is 22.9 Å². The molecule has 0 aliphatic carbocycles. The molecule has 1 amide bonds. The van der Waals surface area contributed by atoms with Crippen molar-refractivity contribution in [1.29, 1.82) is 0 Å². The highest BCUT2D eigenvalue weighted by molar-refractivity contribution is 7.09. The average Bonchev–Trinajstić information content (AvgIpc) is 3.04. The summed E-state index contributed by atoms with van der Waals surface area (Å²) >= 11 is 7.45. The number of thiazole rings is 1. The number of nitrogens with zero attached hydrogens (tertiary/aromatic N) is 3. The Hall–Kier alpha value is -1.50. The van der Waals surface area contributed by atoms with Crippen LogP contribution in [0.25, 0.3) is 0 Å². The maximum Gasteiger partial charge on any atom is 0.239 e. The number of nitrogens with one attached hydrogen (secondary N) is 1. The van der Waals surface area contributed by atoms with E-state index < -0.39 is 0 Å². The van der Waals surface area contributed by atoms with Crippen molar-refractivity contribution in [3.8, 4) is 0 Å². The zero-order valence-corrected chi connectivity index (χ0v) is 13.6. The third-order valence-corrected chi connectivity index (χ3v) is 4.79. The largest absolute Gasteiger partial charge is 0.310 e. The number of hydrogen-bond donors (Lipinski definition) is 1. The van der Waals surface area contributed by atoms with Crippen LogP contribution in [0, 0.1) is 0 Å². The molecule has 7 heteroatoms. The van der Waals surface area contributed by atoms with Crippen LogP contribution < -0.4 is 5.32 Å². The summed E-state index contributed by atoms with van der Waals surface area (Å²) in [5.41, 5.74) is 0. The number of amides is 1. The molecule has 5 nitrogen and oxygen atoms in total. The average molecular weight is 337 g/mol. The fourth-order valence-corrected chi connectivity index (χ4v) is 3.59. The molecule has 1 aliphatic rings. The Morgan fingerprint density at radius 1 is 1.41 bits per heavy atom. The zero-order valence-electron chi connectivity index (χ0n) is 12.0.